The van der Waals surface area contributed by atoms with Gasteiger partial charge in [0.05, 0.1) is 5.69 Å². The van der Waals surface area contributed by atoms with Gasteiger partial charge in [0.2, 0.25) is 0 Å². The van der Waals surface area contributed by atoms with Gasteiger partial charge in [-0.1, -0.05) is 18.2 Å². The Morgan fingerprint density at radius 2 is 1.65 bits per heavy atom. The van der Waals surface area contributed by atoms with Crippen LogP contribution in [0.25, 0.3) is 0 Å². The number of pyridine rings is 1. The first kappa shape index (κ1) is 20.7. The smallest absolute Gasteiger partial charge is 0.263 e. The summed E-state index contributed by atoms with van der Waals surface area (Å²) in [6.45, 7) is 6.00. The predicted octanol–water partition coefficient (Wildman–Crippen LogP) is 3.43. The largest absolute Gasteiger partial charge is 0.369 e. The minimum absolute atomic E-state index is 0.0499. The summed E-state index contributed by atoms with van der Waals surface area (Å²) in [7, 11) is 2.13. The fourth-order valence-electron chi connectivity index (χ4n) is 3.68. The van der Waals surface area contributed by atoms with E-state index < -0.39 is 11.5 Å². The minimum Gasteiger partial charge on any atom is -0.369 e. The van der Waals surface area contributed by atoms with Gasteiger partial charge in [0, 0.05) is 49.4 Å². The first-order valence-corrected chi connectivity index (χ1v) is 10.4. The van der Waals surface area contributed by atoms with Crippen LogP contribution >= 0.6 is 0 Å². The zero-order chi connectivity index (χ0) is 21.8. The summed E-state index contributed by atoms with van der Waals surface area (Å²) in [5, 5.41) is 6.06. The summed E-state index contributed by atoms with van der Waals surface area (Å²) in [6.07, 6.45) is 1.53. The van der Waals surface area contributed by atoms with E-state index in [9.17, 15) is 9.59 Å². The van der Waals surface area contributed by atoms with E-state index in [1.807, 2.05) is 55.5 Å². The number of likely N-dealkylation sites (N-methyl/N-ethyl adjacent to an activating group) is 1. The maximum Gasteiger partial charge on any atom is 0.263 e. The van der Waals surface area contributed by atoms with Gasteiger partial charge in [0.25, 0.3) is 11.5 Å². The molecule has 0 spiro atoms. The number of benzene rings is 2. The average molecular weight is 418 g/mol. The molecule has 3 aromatic rings. The molecule has 1 saturated heterocycles. The normalized spacial score (nSPS) is 14.3. The van der Waals surface area contributed by atoms with E-state index in [1.165, 1.54) is 6.20 Å². The van der Waals surface area contributed by atoms with Gasteiger partial charge in [-0.15, -0.1) is 0 Å². The summed E-state index contributed by atoms with van der Waals surface area (Å²) >= 11 is 0. The van der Waals surface area contributed by atoms with Crippen molar-refractivity contribution in [3.8, 4) is 0 Å². The second-order valence-electron chi connectivity index (χ2n) is 7.83. The monoisotopic (exact) mass is 417 g/mol. The van der Waals surface area contributed by atoms with E-state index >= 15 is 0 Å². The Labute approximate surface area is 181 Å². The number of aromatic amines is 1. The first-order chi connectivity index (χ1) is 15.0. The number of rotatable bonds is 5. The molecule has 1 amide bonds. The van der Waals surface area contributed by atoms with Gasteiger partial charge in [-0.25, -0.2) is 0 Å². The number of hydrogen-bond donors (Lipinski definition) is 3. The van der Waals surface area contributed by atoms with Gasteiger partial charge in [0.1, 0.15) is 5.56 Å². The summed E-state index contributed by atoms with van der Waals surface area (Å²) in [5.74, 6) is -0.453. The number of hydrogen-bond acceptors (Lipinski definition) is 5. The highest BCUT2D eigenvalue weighted by Gasteiger charge is 2.18. The number of nitrogens with one attached hydrogen (secondary N) is 3. The second-order valence-corrected chi connectivity index (χ2v) is 7.83. The van der Waals surface area contributed by atoms with Gasteiger partial charge in [0.15, 0.2) is 0 Å². The van der Waals surface area contributed by atoms with Crippen molar-refractivity contribution in [3.63, 3.8) is 0 Å². The molecule has 7 nitrogen and oxygen atoms in total. The molecule has 1 aromatic heterocycles. The Morgan fingerprint density at radius 3 is 2.35 bits per heavy atom. The van der Waals surface area contributed by atoms with Crippen molar-refractivity contribution in [2.45, 2.75) is 6.92 Å². The maximum absolute atomic E-state index is 13.0. The van der Waals surface area contributed by atoms with E-state index in [2.05, 4.69) is 32.5 Å². The summed E-state index contributed by atoms with van der Waals surface area (Å²) < 4.78 is 0. The number of piperazine rings is 1. The summed E-state index contributed by atoms with van der Waals surface area (Å²) in [5.41, 5.74) is 3.72. The van der Waals surface area contributed by atoms with Crippen molar-refractivity contribution < 1.29 is 4.79 Å². The van der Waals surface area contributed by atoms with Crippen molar-refractivity contribution in [1.29, 1.82) is 0 Å². The molecule has 0 atom stereocenters. The molecule has 0 saturated carbocycles. The van der Waals surface area contributed by atoms with E-state index in [-0.39, 0.29) is 5.56 Å². The molecule has 3 N–H and O–H groups in total. The fraction of sp³-hybridized carbons (Fsp3) is 0.250. The third kappa shape index (κ3) is 4.78. The van der Waals surface area contributed by atoms with Crippen LogP contribution in [-0.4, -0.2) is 49.0 Å². The number of para-hydroxylation sites is 1. The summed E-state index contributed by atoms with van der Waals surface area (Å²) in [4.78, 5) is 32.7. The van der Waals surface area contributed by atoms with Gasteiger partial charge in [-0.3, -0.25) is 9.59 Å². The molecule has 0 aliphatic carbocycles. The molecule has 1 fully saturated rings. The van der Waals surface area contributed by atoms with E-state index in [0.717, 1.165) is 43.1 Å². The first-order valence-electron chi connectivity index (χ1n) is 10.4. The molecule has 160 valence electrons. The van der Waals surface area contributed by atoms with Crippen LogP contribution in [0, 0.1) is 6.92 Å². The molecule has 0 unspecified atom stereocenters. The lowest BCUT2D eigenvalue weighted by atomic mass is 10.1. The molecule has 4 rings (SSSR count). The fourth-order valence-corrected chi connectivity index (χ4v) is 3.68. The Kier molecular flexibility index (Phi) is 6.04. The standard InChI is InChI=1S/C24H27N5O2/c1-17-5-3-4-6-20(17)27-21-11-12-25-23(30)22(21)24(31)26-18-7-9-19(10-8-18)29-15-13-28(2)14-16-29/h3-12H,13-16H2,1-2H3,(H,26,31)(H2,25,27,30). The van der Waals surface area contributed by atoms with Crippen molar-refractivity contribution in [3.05, 3.63) is 82.3 Å². The predicted molar refractivity (Wildman–Crippen MR) is 126 cm³/mol. The van der Waals surface area contributed by atoms with Crippen LogP contribution in [-0.2, 0) is 0 Å². The third-order valence-corrected chi connectivity index (χ3v) is 5.60. The lowest BCUT2D eigenvalue weighted by molar-refractivity contribution is 0.102. The van der Waals surface area contributed by atoms with Crippen molar-refractivity contribution in [2.24, 2.45) is 0 Å². The maximum atomic E-state index is 13.0. The molecule has 0 radical (unpaired) electrons. The highest BCUT2D eigenvalue weighted by Crippen LogP contribution is 2.23. The molecular formula is C24H27N5O2. The second kappa shape index (κ2) is 9.06. The number of nitrogens with zero attached hydrogens (tertiary/aromatic N) is 2. The average Bonchev–Trinajstić information content (AvgIpc) is 2.76. The number of aryl methyl sites for hydroxylation is 1. The topological polar surface area (TPSA) is 80.5 Å². The highest BCUT2D eigenvalue weighted by atomic mass is 16.2. The molecule has 31 heavy (non-hydrogen) atoms. The molecule has 2 aromatic carbocycles. The number of carbonyl (C=O) groups is 1. The minimum atomic E-state index is -0.453. The van der Waals surface area contributed by atoms with Crippen LogP contribution in [0.2, 0.25) is 0 Å². The molecule has 1 aliphatic heterocycles. The van der Waals surface area contributed by atoms with Crippen molar-refractivity contribution in [1.82, 2.24) is 9.88 Å². The van der Waals surface area contributed by atoms with Gasteiger partial charge >= 0.3 is 0 Å². The number of anilines is 4. The number of aromatic nitrogens is 1. The molecule has 2 heterocycles. The molecule has 0 bridgehead atoms. The number of carbonyl (C=O) groups excluding carboxylic acids is 1. The van der Waals surface area contributed by atoms with Crippen molar-refractivity contribution >= 4 is 28.7 Å². The quantitative estimate of drug-likeness (QED) is 0.593. The molecule has 7 heteroatoms. The van der Waals surface area contributed by atoms with Crippen LogP contribution in [0.4, 0.5) is 22.7 Å². The van der Waals surface area contributed by atoms with Crippen LogP contribution in [0.5, 0.6) is 0 Å². The van der Waals surface area contributed by atoms with Gasteiger partial charge < -0.3 is 25.4 Å². The number of H-pyrrole nitrogens is 1. The zero-order valence-corrected chi connectivity index (χ0v) is 17.8. The number of amides is 1. The van der Waals surface area contributed by atoms with Gasteiger partial charge in [-0.2, -0.15) is 0 Å². The van der Waals surface area contributed by atoms with E-state index in [1.54, 1.807) is 6.07 Å². The SMILES string of the molecule is Cc1ccccc1Nc1cc[nH]c(=O)c1C(=O)Nc1ccc(N2CCN(C)CC2)cc1. The van der Waals surface area contributed by atoms with Crippen LogP contribution in [0.15, 0.2) is 65.6 Å². The Bertz CT molecular complexity index is 1120. The van der Waals surface area contributed by atoms with Crippen LogP contribution < -0.4 is 21.1 Å². The third-order valence-electron chi connectivity index (χ3n) is 5.60. The molecular weight excluding hydrogens is 390 g/mol. The Hall–Kier alpha value is -3.58. The zero-order valence-electron chi connectivity index (χ0n) is 17.8. The highest BCUT2D eigenvalue weighted by molar-refractivity contribution is 6.08. The Balaban J connectivity index is 1.51. The van der Waals surface area contributed by atoms with E-state index in [0.29, 0.717) is 11.4 Å². The van der Waals surface area contributed by atoms with Crippen LogP contribution in [0.3, 0.4) is 0 Å². The van der Waals surface area contributed by atoms with E-state index in [4.69, 9.17) is 0 Å². The Morgan fingerprint density at radius 1 is 0.935 bits per heavy atom. The van der Waals surface area contributed by atoms with Crippen molar-refractivity contribution in [2.75, 3.05) is 48.8 Å². The lowest BCUT2D eigenvalue weighted by Gasteiger charge is -2.34. The lowest BCUT2D eigenvalue weighted by Crippen LogP contribution is -2.44. The van der Waals surface area contributed by atoms with Crippen LogP contribution in [0.1, 0.15) is 15.9 Å². The van der Waals surface area contributed by atoms with Gasteiger partial charge in [-0.05, 0) is 55.9 Å². The summed E-state index contributed by atoms with van der Waals surface area (Å²) in [6, 6.07) is 17.2. The molecule has 1 aliphatic rings.